The molecule has 1 aromatic heterocycles. The van der Waals surface area contributed by atoms with Crippen molar-refractivity contribution >= 4 is 17.5 Å². The third kappa shape index (κ3) is 2.56. The summed E-state index contributed by atoms with van der Waals surface area (Å²) in [5.74, 6) is -0.184. The van der Waals surface area contributed by atoms with Crippen molar-refractivity contribution in [2.24, 2.45) is 5.92 Å². The monoisotopic (exact) mass is 219 g/mol. The lowest BCUT2D eigenvalue weighted by Gasteiger charge is -2.21. The van der Waals surface area contributed by atoms with Gasteiger partial charge in [0.2, 0.25) is 11.8 Å². The number of nitrogens with one attached hydrogen (secondary N) is 2. The molecule has 2 rings (SSSR count). The smallest absolute Gasteiger partial charge is 0.229 e. The van der Waals surface area contributed by atoms with E-state index in [1.165, 1.54) is 0 Å². The Morgan fingerprint density at radius 1 is 1.56 bits per heavy atom. The lowest BCUT2D eigenvalue weighted by atomic mass is 9.98. The number of carbonyl (C=O) groups excluding carboxylic acids is 2. The highest BCUT2D eigenvalue weighted by Crippen LogP contribution is 2.13. The average molecular weight is 219 g/mol. The van der Waals surface area contributed by atoms with E-state index in [0.717, 1.165) is 0 Å². The maximum absolute atomic E-state index is 11.8. The van der Waals surface area contributed by atoms with Crippen LogP contribution in [0.4, 0.5) is 5.69 Å². The average Bonchev–Trinajstić information content (AvgIpc) is 2.31. The number of carbonyl (C=O) groups is 2. The Balaban J connectivity index is 1.91. The second-order valence-corrected chi connectivity index (χ2v) is 3.77. The number of nitrogens with zero attached hydrogens (tertiary/aromatic N) is 1. The highest BCUT2D eigenvalue weighted by Gasteiger charge is 2.24. The molecule has 1 atom stereocenters. The second-order valence-electron chi connectivity index (χ2n) is 3.77. The van der Waals surface area contributed by atoms with Gasteiger partial charge >= 0.3 is 0 Å². The largest absolute Gasteiger partial charge is 0.355 e. The molecule has 5 heteroatoms. The number of pyridine rings is 1. The minimum atomic E-state index is -0.141. The number of amides is 2. The molecule has 1 saturated heterocycles. The van der Waals surface area contributed by atoms with Crippen LogP contribution in [0.25, 0.3) is 0 Å². The lowest BCUT2D eigenvalue weighted by Crippen LogP contribution is -2.40. The molecule has 1 aliphatic rings. The van der Waals surface area contributed by atoms with Gasteiger partial charge in [-0.1, -0.05) is 0 Å². The van der Waals surface area contributed by atoms with E-state index in [0.29, 0.717) is 25.1 Å². The van der Waals surface area contributed by atoms with Crippen molar-refractivity contribution in [3.63, 3.8) is 0 Å². The van der Waals surface area contributed by atoms with Gasteiger partial charge < -0.3 is 10.6 Å². The maximum Gasteiger partial charge on any atom is 0.229 e. The molecule has 0 aromatic carbocycles. The highest BCUT2D eigenvalue weighted by atomic mass is 16.2. The third-order valence-corrected chi connectivity index (χ3v) is 2.57. The van der Waals surface area contributed by atoms with Crippen molar-refractivity contribution in [2.45, 2.75) is 12.8 Å². The van der Waals surface area contributed by atoms with Gasteiger partial charge in [-0.3, -0.25) is 14.6 Å². The number of hydrogen-bond donors (Lipinski definition) is 2. The standard InChI is InChI=1S/C11H13N3O2/c15-10-4-3-8(6-13-10)11(16)14-9-2-1-5-12-7-9/h1-2,5,7-8H,3-4,6H2,(H,13,15)(H,14,16). The molecule has 16 heavy (non-hydrogen) atoms. The summed E-state index contributed by atoms with van der Waals surface area (Å²) in [6, 6.07) is 3.55. The van der Waals surface area contributed by atoms with Crippen molar-refractivity contribution in [1.82, 2.24) is 10.3 Å². The van der Waals surface area contributed by atoms with Crippen LogP contribution in [0.1, 0.15) is 12.8 Å². The van der Waals surface area contributed by atoms with Crippen LogP contribution in [0, 0.1) is 5.92 Å². The first-order chi connectivity index (χ1) is 7.75. The molecular weight excluding hydrogens is 206 g/mol. The number of aromatic nitrogens is 1. The summed E-state index contributed by atoms with van der Waals surface area (Å²) in [5.41, 5.74) is 0.685. The molecule has 1 fully saturated rings. The van der Waals surface area contributed by atoms with Crippen LogP contribution in [-0.4, -0.2) is 23.3 Å². The Labute approximate surface area is 93.3 Å². The van der Waals surface area contributed by atoms with E-state index in [2.05, 4.69) is 15.6 Å². The Bertz CT molecular complexity index is 381. The van der Waals surface area contributed by atoms with Crippen molar-refractivity contribution < 1.29 is 9.59 Å². The molecule has 0 spiro atoms. The number of anilines is 1. The van der Waals surface area contributed by atoms with Gasteiger partial charge in [0.05, 0.1) is 17.8 Å². The zero-order valence-corrected chi connectivity index (χ0v) is 8.77. The van der Waals surface area contributed by atoms with Crippen LogP contribution >= 0.6 is 0 Å². The topological polar surface area (TPSA) is 71.1 Å². The van der Waals surface area contributed by atoms with E-state index in [1.54, 1.807) is 24.5 Å². The quantitative estimate of drug-likeness (QED) is 0.762. The van der Waals surface area contributed by atoms with Gasteiger partial charge in [0.15, 0.2) is 0 Å². The summed E-state index contributed by atoms with van der Waals surface area (Å²) < 4.78 is 0. The molecule has 2 N–H and O–H groups in total. The van der Waals surface area contributed by atoms with Crippen LogP contribution < -0.4 is 10.6 Å². The van der Waals surface area contributed by atoms with E-state index in [4.69, 9.17) is 0 Å². The highest BCUT2D eigenvalue weighted by molar-refractivity contribution is 5.93. The molecule has 1 aromatic rings. The first kappa shape index (κ1) is 10.6. The van der Waals surface area contributed by atoms with Gasteiger partial charge in [-0.05, 0) is 18.6 Å². The predicted molar refractivity (Wildman–Crippen MR) is 58.6 cm³/mol. The Morgan fingerprint density at radius 2 is 2.44 bits per heavy atom. The molecule has 84 valence electrons. The molecule has 0 radical (unpaired) electrons. The van der Waals surface area contributed by atoms with Crippen molar-refractivity contribution in [2.75, 3.05) is 11.9 Å². The second kappa shape index (κ2) is 4.74. The van der Waals surface area contributed by atoms with E-state index in [9.17, 15) is 9.59 Å². The van der Waals surface area contributed by atoms with Crippen molar-refractivity contribution in [1.29, 1.82) is 0 Å². The fourth-order valence-corrected chi connectivity index (χ4v) is 1.64. The molecule has 0 saturated carbocycles. The van der Waals surface area contributed by atoms with E-state index < -0.39 is 0 Å². The van der Waals surface area contributed by atoms with E-state index >= 15 is 0 Å². The normalized spacial score (nSPS) is 20.0. The summed E-state index contributed by atoms with van der Waals surface area (Å²) in [5, 5.41) is 5.46. The van der Waals surface area contributed by atoms with Crippen LogP contribution in [0.15, 0.2) is 24.5 Å². The zero-order chi connectivity index (χ0) is 11.4. The zero-order valence-electron chi connectivity index (χ0n) is 8.77. The van der Waals surface area contributed by atoms with Gasteiger partial charge in [-0.25, -0.2) is 0 Å². The summed E-state index contributed by atoms with van der Waals surface area (Å²) in [4.78, 5) is 26.6. The number of piperidine rings is 1. The third-order valence-electron chi connectivity index (χ3n) is 2.57. The number of hydrogen-bond acceptors (Lipinski definition) is 3. The fourth-order valence-electron chi connectivity index (χ4n) is 1.64. The Morgan fingerprint density at radius 3 is 3.06 bits per heavy atom. The number of rotatable bonds is 2. The molecule has 5 nitrogen and oxygen atoms in total. The summed E-state index contributed by atoms with van der Waals surface area (Å²) in [6.07, 6.45) is 4.28. The fraction of sp³-hybridized carbons (Fsp3) is 0.364. The van der Waals surface area contributed by atoms with Crippen LogP contribution in [0.5, 0.6) is 0 Å². The first-order valence-corrected chi connectivity index (χ1v) is 5.23. The predicted octanol–water partition coefficient (Wildman–Crippen LogP) is 0.546. The Kier molecular flexibility index (Phi) is 3.14. The van der Waals surface area contributed by atoms with Crippen molar-refractivity contribution in [3.05, 3.63) is 24.5 Å². The molecule has 0 aliphatic carbocycles. The van der Waals surface area contributed by atoms with Gasteiger partial charge in [-0.15, -0.1) is 0 Å². The summed E-state index contributed by atoms with van der Waals surface area (Å²) in [7, 11) is 0. The Hall–Kier alpha value is -1.91. The molecular formula is C11H13N3O2. The maximum atomic E-state index is 11.8. The van der Waals surface area contributed by atoms with Gasteiger partial charge in [0.25, 0.3) is 0 Å². The molecule has 0 bridgehead atoms. The van der Waals surface area contributed by atoms with Crippen molar-refractivity contribution in [3.8, 4) is 0 Å². The summed E-state index contributed by atoms with van der Waals surface area (Å²) >= 11 is 0. The molecule has 2 heterocycles. The van der Waals surface area contributed by atoms with E-state index in [1.807, 2.05) is 0 Å². The minimum absolute atomic E-state index is 0.0189. The van der Waals surface area contributed by atoms with Gasteiger partial charge in [0, 0.05) is 19.2 Å². The van der Waals surface area contributed by atoms with Crippen LogP contribution in [-0.2, 0) is 9.59 Å². The SMILES string of the molecule is O=C1CCC(C(=O)Nc2cccnc2)CN1. The lowest BCUT2D eigenvalue weighted by molar-refractivity contribution is -0.126. The van der Waals surface area contributed by atoms with Gasteiger partial charge in [-0.2, -0.15) is 0 Å². The molecule has 1 unspecified atom stereocenters. The summed E-state index contributed by atoms with van der Waals surface area (Å²) in [6.45, 7) is 0.422. The van der Waals surface area contributed by atoms with E-state index in [-0.39, 0.29) is 17.7 Å². The van der Waals surface area contributed by atoms with Crippen LogP contribution in [0.2, 0.25) is 0 Å². The molecule has 1 aliphatic heterocycles. The first-order valence-electron chi connectivity index (χ1n) is 5.23. The molecule has 2 amide bonds. The van der Waals surface area contributed by atoms with Gasteiger partial charge in [0.1, 0.15) is 0 Å². The van der Waals surface area contributed by atoms with Crippen LogP contribution in [0.3, 0.4) is 0 Å². The minimum Gasteiger partial charge on any atom is -0.355 e.